The predicted molar refractivity (Wildman–Crippen MR) is 90.3 cm³/mol. The molecule has 0 bridgehead atoms. The number of benzene rings is 1. The molecule has 0 amide bonds. The molecule has 2 nitrogen and oxygen atoms in total. The Labute approximate surface area is 128 Å². The number of rotatable bonds is 3. The van der Waals surface area contributed by atoms with Crippen LogP contribution in [0, 0.1) is 12.3 Å². The van der Waals surface area contributed by atoms with Crippen LogP contribution in [0.4, 0.5) is 5.69 Å². The van der Waals surface area contributed by atoms with Crippen LogP contribution >= 0.6 is 27.7 Å². The first-order valence-corrected chi connectivity index (χ1v) is 8.57. The summed E-state index contributed by atoms with van der Waals surface area (Å²) >= 11 is 5.41. The van der Waals surface area contributed by atoms with Crippen LogP contribution in [-0.2, 0) is 0 Å². The molecule has 0 aromatic heterocycles. The zero-order chi connectivity index (χ0) is 13.9. The summed E-state index contributed by atoms with van der Waals surface area (Å²) in [5.41, 5.74) is 2.76. The predicted octanol–water partition coefficient (Wildman–Crippen LogP) is 5.08. The number of amidine groups is 1. The first-order valence-electron chi connectivity index (χ1n) is 6.79. The summed E-state index contributed by atoms with van der Waals surface area (Å²) in [5.74, 6) is 1.17. The molecule has 0 atom stereocenters. The Bertz CT molecular complexity index is 481. The Balaban J connectivity index is 2.05. The third-order valence-corrected chi connectivity index (χ3v) is 6.11. The van der Waals surface area contributed by atoms with Gasteiger partial charge in [-0.2, -0.15) is 0 Å². The van der Waals surface area contributed by atoms with Gasteiger partial charge in [-0.1, -0.05) is 47.6 Å². The van der Waals surface area contributed by atoms with Crippen LogP contribution in [0.25, 0.3) is 0 Å². The van der Waals surface area contributed by atoms with Gasteiger partial charge in [-0.3, -0.25) is 4.99 Å². The second-order valence-corrected chi connectivity index (χ2v) is 7.02. The molecule has 0 unspecified atom stereocenters. The molecule has 104 valence electrons. The summed E-state index contributed by atoms with van der Waals surface area (Å²) in [6.45, 7) is 7.59. The third kappa shape index (κ3) is 3.54. The standard InChI is InChI=1S/C15H21BrN2S/c1-4-15(5-2)9-17-14(19-10-15)18-12-7-6-11(3)13(16)8-12/h6-8H,4-5,9-10H2,1-3H3,(H,17,18). The summed E-state index contributed by atoms with van der Waals surface area (Å²) in [7, 11) is 0. The van der Waals surface area contributed by atoms with Gasteiger partial charge in [0, 0.05) is 22.5 Å². The molecule has 19 heavy (non-hydrogen) atoms. The molecule has 0 spiro atoms. The van der Waals surface area contributed by atoms with Crippen molar-refractivity contribution >= 4 is 38.5 Å². The number of anilines is 1. The average molecular weight is 341 g/mol. The molecule has 2 rings (SSSR count). The Morgan fingerprint density at radius 3 is 2.63 bits per heavy atom. The lowest BCUT2D eigenvalue weighted by molar-refractivity contribution is 0.318. The second kappa shape index (κ2) is 6.31. The van der Waals surface area contributed by atoms with Crippen molar-refractivity contribution in [2.24, 2.45) is 10.4 Å². The minimum Gasteiger partial charge on any atom is -0.335 e. The lowest BCUT2D eigenvalue weighted by atomic mass is 9.84. The summed E-state index contributed by atoms with van der Waals surface area (Å²) in [6, 6.07) is 6.33. The van der Waals surface area contributed by atoms with E-state index in [0.717, 1.165) is 21.9 Å². The fourth-order valence-electron chi connectivity index (χ4n) is 2.10. The van der Waals surface area contributed by atoms with Crippen LogP contribution in [-0.4, -0.2) is 17.5 Å². The van der Waals surface area contributed by atoms with Crippen molar-refractivity contribution in [3.8, 4) is 0 Å². The van der Waals surface area contributed by atoms with Gasteiger partial charge in [0.15, 0.2) is 5.17 Å². The highest BCUT2D eigenvalue weighted by atomic mass is 79.9. The first kappa shape index (κ1) is 14.9. The maximum absolute atomic E-state index is 4.73. The molecule has 0 radical (unpaired) electrons. The van der Waals surface area contributed by atoms with Crippen molar-refractivity contribution < 1.29 is 0 Å². The number of aliphatic imine (C=N–C) groups is 1. The van der Waals surface area contributed by atoms with E-state index in [9.17, 15) is 0 Å². The van der Waals surface area contributed by atoms with Gasteiger partial charge in [-0.05, 0) is 42.9 Å². The van der Waals surface area contributed by atoms with Crippen molar-refractivity contribution in [2.75, 3.05) is 17.6 Å². The van der Waals surface area contributed by atoms with Gasteiger partial charge >= 0.3 is 0 Å². The summed E-state index contributed by atoms with van der Waals surface area (Å²) < 4.78 is 1.13. The quantitative estimate of drug-likeness (QED) is 0.829. The fraction of sp³-hybridized carbons (Fsp3) is 0.533. The topological polar surface area (TPSA) is 24.4 Å². The van der Waals surface area contributed by atoms with Gasteiger partial charge < -0.3 is 5.32 Å². The van der Waals surface area contributed by atoms with Crippen molar-refractivity contribution in [1.82, 2.24) is 0 Å². The summed E-state index contributed by atoms with van der Waals surface area (Å²) in [5, 5.41) is 4.47. The van der Waals surface area contributed by atoms with Gasteiger partial charge in [0.25, 0.3) is 0 Å². The Morgan fingerprint density at radius 2 is 2.11 bits per heavy atom. The lowest BCUT2D eigenvalue weighted by Gasteiger charge is -2.33. The Morgan fingerprint density at radius 1 is 1.37 bits per heavy atom. The van der Waals surface area contributed by atoms with Gasteiger partial charge in [0.05, 0.1) is 0 Å². The number of nitrogens with zero attached hydrogens (tertiary/aromatic N) is 1. The molecule has 1 heterocycles. The molecule has 0 fully saturated rings. The zero-order valence-corrected chi connectivity index (χ0v) is 14.2. The monoisotopic (exact) mass is 340 g/mol. The number of thioether (sulfide) groups is 1. The normalized spacial score (nSPS) is 18.0. The van der Waals surface area contributed by atoms with E-state index in [0.29, 0.717) is 5.41 Å². The van der Waals surface area contributed by atoms with Crippen molar-refractivity contribution in [3.05, 3.63) is 28.2 Å². The molecule has 0 saturated heterocycles. The average Bonchev–Trinajstić information content (AvgIpc) is 2.44. The van der Waals surface area contributed by atoms with E-state index in [-0.39, 0.29) is 0 Å². The highest BCUT2D eigenvalue weighted by molar-refractivity contribution is 9.10. The molecule has 1 aliphatic rings. The van der Waals surface area contributed by atoms with Crippen LogP contribution in [0.1, 0.15) is 32.3 Å². The lowest BCUT2D eigenvalue weighted by Crippen LogP contribution is -2.32. The molecule has 1 N–H and O–H groups in total. The van der Waals surface area contributed by atoms with Crippen LogP contribution < -0.4 is 5.32 Å². The van der Waals surface area contributed by atoms with Gasteiger partial charge in [0.2, 0.25) is 0 Å². The van der Waals surface area contributed by atoms with E-state index in [1.165, 1.54) is 24.2 Å². The number of hydrogen-bond acceptors (Lipinski definition) is 3. The Hall–Kier alpha value is -0.480. The van der Waals surface area contributed by atoms with Crippen LogP contribution in [0.5, 0.6) is 0 Å². The minimum atomic E-state index is 0.406. The molecule has 0 saturated carbocycles. The molecule has 1 aromatic carbocycles. The Kier molecular flexibility index (Phi) is 4.96. The van der Waals surface area contributed by atoms with Crippen LogP contribution in [0.3, 0.4) is 0 Å². The highest BCUT2D eigenvalue weighted by Crippen LogP contribution is 2.35. The molecular formula is C15H21BrN2S. The van der Waals surface area contributed by atoms with Gasteiger partial charge in [-0.25, -0.2) is 0 Å². The smallest absolute Gasteiger partial charge is 0.161 e. The van der Waals surface area contributed by atoms with Gasteiger partial charge in [0.1, 0.15) is 0 Å². The largest absolute Gasteiger partial charge is 0.335 e. The molecular weight excluding hydrogens is 320 g/mol. The number of hydrogen-bond donors (Lipinski definition) is 1. The summed E-state index contributed by atoms with van der Waals surface area (Å²) in [4.78, 5) is 4.73. The molecule has 0 aliphatic carbocycles. The highest BCUT2D eigenvalue weighted by Gasteiger charge is 2.30. The van der Waals surface area contributed by atoms with E-state index >= 15 is 0 Å². The maximum Gasteiger partial charge on any atom is 0.161 e. The number of halogens is 1. The van der Waals surface area contributed by atoms with Crippen LogP contribution in [0.15, 0.2) is 27.7 Å². The maximum atomic E-state index is 4.73. The van der Waals surface area contributed by atoms with Crippen molar-refractivity contribution in [2.45, 2.75) is 33.6 Å². The number of nitrogens with one attached hydrogen (secondary N) is 1. The minimum absolute atomic E-state index is 0.406. The number of aryl methyl sites for hydroxylation is 1. The van der Waals surface area contributed by atoms with E-state index in [2.05, 4.69) is 60.2 Å². The second-order valence-electron chi connectivity index (χ2n) is 5.21. The van der Waals surface area contributed by atoms with E-state index in [1.807, 2.05) is 11.8 Å². The zero-order valence-electron chi connectivity index (χ0n) is 11.8. The fourth-order valence-corrected chi connectivity index (χ4v) is 3.77. The van der Waals surface area contributed by atoms with Gasteiger partial charge in [-0.15, -0.1) is 0 Å². The first-order chi connectivity index (χ1) is 9.08. The molecule has 4 heteroatoms. The molecule has 1 aliphatic heterocycles. The molecule has 1 aromatic rings. The van der Waals surface area contributed by atoms with Crippen molar-refractivity contribution in [1.29, 1.82) is 0 Å². The van der Waals surface area contributed by atoms with Crippen molar-refractivity contribution in [3.63, 3.8) is 0 Å². The van der Waals surface area contributed by atoms with E-state index in [4.69, 9.17) is 4.99 Å². The van der Waals surface area contributed by atoms with Crippen LogP contribution in [0.2, 0.25) is 0 Å². The third-order valence-electron chi connectivity index (χ3n) is 4.00. The summed E-state index contributed by atoms with van der Waals surface area (Å²) in [6.07, 6.45) is 2.42. The van der Waals surface area contributed by atoms with E-state index < -0.39 is 0 Å². The SMILES string of the molecule is CCC1(CC)CN=C(Nc2ccc(C)c(Br)c2)SC1. The van der Waals surface area contributed by atoms with E-state index in [1.54, 1.807) is 0 Å².